The van der Waals surface area contributed by atoms with Crippen LogP contribution in [-0.2, 0) is 0 Å². The fraction of sp³-hybridized carbons (Fsp3) is 0.467. The Bertz CT molecular complexity index is 726. The molecule has 0 atom stereocenters. The van der Waals surface area contributed by atoms with Crippen LogP contribution in [0.15, 0.2) is 23.0 Å². The van der Waals surface area contributed by atoms with Crippen molar-refractivity contribution in [2.75, 3.05) is 6.26 Å². The van der Waals surface area contributed by atoms with E-state index >= 15 is 0 Å². The van der Waals surface area contributed by atoms with Gasteiger partial charge in [-0.25, -0.2) is 9.59 Å². The van der Waals surface area contributed by atoms with Crippen LogP contribution in [0.5, 0.6) is 0 Å². The number of benzene rings is 1. The van der Waals surface area contributed by atoms with E-state index < -0.39 is 5.97 Å². The summed E-state index contributed by atoms with van der Waals surface area (Å²) < 4.78 is 1.80. The highest BCUT2D eigenvalue weighted by atomic mass is 32.2. The largest absolute Gasteiger partial charge is 0.478 e. The van der Waals surface area contributed by atoms with E-state index in [1.54, 1.807) is 16.7 Å². The third-order valence-corrected chi connectivity index (χ3v) is 5.44. The highest BCUT2D eigenvalue weighted by Crippen LogP contribution is 2.34. The Balaban J connectivity index is 1.97. The Morgan fingerprint density at radius 1 is 1.33 bits per heavy atom. The molecule has 1 heterocycles. The average Bonchev–Trinajstić information content (AvgIpc) is 2.82. The summed E-state index contributed by atoms with van der Waals surface area (Å²) in [5.74, 6) is -0.981. The number of rotatable bonds is 3. The third-order valence-electron chi connectivity index (χ3n) is 4.31. The summed E-state index contributed by atoms with van der Waals surface area (Å²) in [6, 6.07) is 5.04. The molecule has 0 saturated heterocycles. The first-order valence-electron chi connectivity index (χ1n) is 7.10. The zero-order valence-corrected chi connectivity index (χ0v) is 12.7. The maximum Gasteiger partial charge on any atom is 0.335 e. The molecule has 3 rings (SSSR count). The van der Waals surface area contributed by atoms with Crippen molar-refractivity contribution < 1.29 is 9.90 Å². The number of imidazole rings is 1. The fourth-order valence-electron chi connectivity index (χ4n) is 3.17. The van der Waals surface area contributed by atoms with Crippen molar-refractivity contribution in [3.05, 3.63) is 34.2 Å². The number of fused-ring (bicyclic) bond motifs is 1. The number of aromatic nitrogens is 2. The topological polar surface area (TPSA) is 75.1 Å². The van der Waals surface area contributed by atoms with Crippen LogP contribution in [0.1, 0.15) is 42.1 Å². The number of nitrogens with one attached hydrogen (secondary N) is 1. The molecule has 112 valence electrons. The van der Waals surface area contributed by atoms with Gasteiger partial charge in [-0.15, -0.1) is 0 Å². The van der Waals surface area contributed by atoms with Gasteiger partial charge in [0.2, 0.25) is 0 Å². The van der Waals surface area contributed by atoms with Gasteiger partial charge in [0, 0.05) is 11.3 Å². The third kappa shape index (κ3) is 2.60. The molecule has 1 aromatic carbocycles. The second-order valence-electron chi connectivity index (χ2n) is 5.50. The zero-order valence-electron chi connectivity index (χ0n) is 11.8. The van der Waals surface area contributed by atoms with Gasteiger partial charge in [-0.3, -0.25) is 4.57 Å². The van der Waals surface area contributed by atoms with Crippen LogP contribution in [0, 0.1) is 0 Å². The summed E-state index contributed by atoms with van der Waals surface area (Å²) in [5, 5.41) is 9.72. The first kappa shape index (κ1) is 14.3. The number of nitrogens with zero attached hydrogens (tertiary/aromatic N) is 1. The van der Waals surface area contributed by atoms with Crippen LogP contribution in [-0.4, -0.2) is 32.1 Å². The lowest BCUT2D eigenvalue weighted by molar-refractivity contribution is 0.0697. The molecule has 2 aromatic rings. The number of hydrogen-bond donors (Lipinski definition) is 2. The molecule has 21 heavy (non-hydrogen) atoms. The number of aromatic amines is 1. The number of hydrogen-bond acceptors (Lipinski definition) is 3. The van der Waals surface area contributed by atoms with Gasteiger partial charge in [-0.05, 0) is 50.1 Å². The average molecular weight is 306 g/mol. The number of carboxylic acid groups (broad SMARTS) is 1. The fourth-order valence-corrected chi connectivity index (χ4v) is 3.91. The Labute approximate surface area is 126 Å². The number of thioether (sulfide) groups is 1. The number of aromatic carboxylic acids is 1. The van der Waals surface area contributed by atoms with Crippen LogP contribution in [0.25, 0.3) is 11.0 Å². The van der Waals surface area contributed by atoms with Crippen molar-refractivity contribution in [1.82, 2.24) is 9.55 Å². The van der Waals surface area contributed by atoms with E-state index in [0.717, 1.165) is 31.2 Å². The van der Waals surface area contributed by atoms with Crippen molar-refractivity contribution in [2.45, 2.75) is 37.0 Å². The van der Waals surface area contributed by atoms with Gasteiger partial charge in [0.25, 0.3) is 0 Å². The second-order valence-corrected chi connectivity index (χ2v) is 6.64. The van der Waals surface area contributed by atoms with Gasteiger partial charge in [-0.1, -0.05) is 0 Å². The summed E-state index contributed by atoms with van der Waals surface area (Å²) in [6.45, 7) is 0. The Morgan fingerprint density at radius 3 is 2.67 bits per heavy atom. The van der Waals surface area contributed by atoms with Crippen LogP contribution in [0.3, 0.4) is 0 Å². The van der Waals surface area contributed by atoms with E-state index in [1.807, 2.05) is 11.8 Å². The minimum absolute atomic E-state index is 0.139. The number of carboxylic acids is 1. The van der Waals surface area contributed by atoms with Crippen LogP contribution in [0.4, 0.5) is 0 Å². The summed E-state index contributed by atoms with van der Waals surface area (Å²) in [4.78, 5) is 26.0. The normalized spacial score (nSPS) is 22.5. The van der Waals surface area contributed by atoms with Crippen molar-refractivity contribution >= 4 is 28.8 Å². The van der Waals surface area contributed by atoms with Gasteiger partial charge in [0.15, 0.2) is 0 Å². The van der Waals surface area contributed by atoms with Gasteiger partial charge in [0.1, 0.15) is 0 Å². The summed E-state index contributed by atoms with van der Waals surface area (Å²) in [6.07, 6.45) is 6.38. The molecule has 0 spiro atoms. The molecule has 0 unspecified atom stereocenters. The van der Waals surface area contributed by atoms with Gasteiger partial charge in [0.05, 0.1) is 16.6 Å². The number of carbonyl (C=O) groups is 1. The van der Waals surface area contributed by atoms with E-state index in [1.165, 1.54) is 6.07 Å². The SMILES string of the molecule is CSC1CCC(n2c(=O)[nH]c3cc(C(=O)O)ccc32)CC1. The first-order chi connectivity index (χ1) is 10.1. The minimum atomic E-state index is -0.981. The van der Waals surface area contributed by atoms with Crippen LogP contribution < -0.4 is 5.69 Å². The number of H-pyrrole nitrogens is 1. The lowest BCUT2D eigenvalue weighted by atomic mass is 9.94. The molecule has 1 aromatic heterocycles. The molecular formula is C15H18N2O3S. The van der Waals surface area contributed by atoms with E-state index in [9.17, 15) is 9.59 Å². The molecule has 1 saturated carbocycles. The molecular weight excluding hydrogens is 288 g/mol. The summed E-state index contributed by atoms with van der Waals surface area (Å²) >= 11 is 1.90. The monoisotopic (exact) mass is 306 g/mol. The lowest BCUT2D eigenvalue weighted by Crippen LogP contribution is -2.26. The van der Waals surface area contributed by atoms with Gasteiger partial charge in [-0.2, -0.15) is 11.8 Å². The first-order valence-corrected chi connectivity index (χ1v) is 8.39. The predicted octanol–water partition coefficient (Wildman–Crippen LogP) is 2.87. The van der Waals surface area contributed by atoms with Gasteiger partial charge < -0.3 is 10.1 Å². The molecule has 0 bridgehead atoms. The summed E-state index contributed by atoms with van der Waals surface area (Å²) in [7, 11) is 0. The van der Waals surface area contributed by atoms with E-state index in [4.69, 9.17) is 5.11 Å². The second kappa shape index (κ2) is 5.60. The van der Waals surface area contributed by atoms with Crippen molar-refractivity contribution in [3.63, 3.8) is 0 Å². The quantitative estimate of drug-likeness (QED) is 0.914. The van der Waals surface area contributed by atoms with Crippen molar-refractivity contribution in [3.8, 4) is 0 Å². The highest BCUT2D eigenvalue weighted by Gasteiger charge is 2.24. The molecule has 0 radical (unpaired) electrons. The Kier molecular flexibility index (Phi) is 3.80. The molecule has 6 heteroatoms. The Hall–Kier alpha value is -1.69. The molecule has 1 aliphatic carbocycles. The van der Waals surface area contributed by atoms with Gasteiger partial charge >= 0.3 is 11.7 Å². The van der Waals surface area contributed by atoms with E-state index in [2.05, 4.69) is 11.2 Å². The van der Waals surface area contributed by atoms with Crippen LogP contribution >= 0.6 is 11.8 Å². The maximum atomic E-state index is 12.2. The molecule has 0 amide bonds. The van der Waals surface area contributed by atoms with Crippen molar-refractivity contribution in [1.29, 1.82) is 0 Å². The lowest BCUT2D eigenvalue weighted by Gasteiger charge is -2.28. The molecule has 1 aliphatic rings. The molecule has 0 aliphatic heterocycles. The zero-order chi connectivity index (χ0) is 15.0. The standard InChI is InChI=1S/C15H18N2O3S/c1-21-11-5-3-10(4-6-11)17-13-7-2-9(14(18)19)8-12(13)16-15(17)20/h2,7-8,10-11H,3-6H2,1H3,(H,16,20)(H,18,19). The predicted molar refractivity (Wildman–Crippen MR) is 84.3 cm³/mol. The molecule has 2 N–H and O–H groups in total. The van der Waals surface area contributed by atoms with Crippen molar-refractivity contribution in [2.24, 2.45) is 0 Å². The summed E-state index contributed by atoms with van der Waals surface area (Å²) in [5.41, 5.74) is 1.46. The van der Waals surface area contributed by atoms with E-state index in [0.29, 0.717) is 10.8 Å². The van der Waals surface area contributed by atoms with E-state index in [-0.39, 0.29) is 17.3 Å². The minimum Gasteiger partial charge on any atom is -0.478 e. The Morgan fingerprint density at radius 2 is 2.05 bits per heavy atom. The molecule has 5 nitrogen and oxygen atoms in total. The molecule has 1 fully saturated rings. The smallest absolute Gasteiger partial charge is 0.335 e. The highest BCUT2D eigenvalue weighted by molar-refractivity contribution is 7.99. The maximum absolute atomic E-state index is 12.2. The van der Waals surface area contributed by atoms with Crippen LogP contribution in [0.2, 0.25) is 0 Å².